The fourth-order valence-corrected chi connectivity index (χ4v) is 2.84. The van der Waals surface area contributed by atoms with Crippen LogP contribution >= 0.6 is 15.9 Å². The lowest BCUT2D eigenvalue weighted by molar-refractivity contribution is -0.143. The van der Waals surface area contributed by atoms with E-state index in [0.29, 0.717) is 21.5 Å². The fraction of sp³-hybridized carbons (Fsp3) is 0.200. The lowest BCUT2D eigenvalue weighted by Crippen LogP contribution is -2.24. The summed E-state index contributed by atoms with van der Waals surface area (Å²) in [5.74, 6) is -1.92. The van der Waals surface area contributed by atoms with Crippen molar-refractivity contribution in [3.05, 3.63) is 52.3 Å². The van der Waals surface area contributed by atoms with Gasteiger partial charge in [-0.15, -0.1) is 0 Å². The Bertz CT molecular complexity index is 999. The van der Waals surface area contributed by atoms with E-state index < -0.39 is 30.0 Å². The van der Waals surface area contributed by atoms with Gasteiger partial charge in [0.1, 0.15) is 12.2 Å². The number of rotatable bonds is 9. The quantitative estimate of drug-likeness (QED) is 0.239. The van der Waals surface area contributed by atoms with Crippen molar-refractivity contribution in [2.75, 3.05) is 26.1 Å². The van der Waals surface area contributed by atoms with Crippen LogP contribution in [0.2, 0.25) is 0 Å². The van der Waals surface area contributed by atoms with Gasteiger partial charge >= 0.3 is 5.97 Å². The Kier molecular flexibility index (Phi) is 8.94. The molecule has 2 aromatic rings. The van der Waals surface area contributed by atoms with E-state index in [9.17, 15) is 18.8 Å². The number of esters is 1. The Balaban J connectivity index is 1.94. The summed E-state index contributed by atoms with van der Waals surface area (Å²) in [6.45, 7) is -0.302. The van der Waals surface area contributed by atoms with Crippen molar-refractivity contribution in [3.63, 3.8) is 0 Å². The number of benzene rings is 2. The molecule has 9 nitrogen and oxygen atoms in total. The van der Waals surface area contributed by atoms with Crippen molar-refractivity contribution < 1.29 is 33.0 Å². The van der Waals surface area contributed by atoms with Gasteiger partial charge in [-0.2, -0.15) is 5.10 Å². The van der Waals surface area contributed by atoms with Crippen molar-refractivity contribution in [2.24, 2.45) is 5.10 Å². The van der Waals surface area contributed by atoms with Crippen LogP contribution < -0.4 is 20.2 Å². The first-order chi connectivity index (χ1) is 14.8. The SMILES string of the molecule is COC(=O)COc1c(Br)cc(C=NNC(=O)CC(=O)Nc2ccccc2F)cc1OC. The number of anilines is 1. The molecule has 0 unspecified atom stereocenters. The van der Waals surface area contributed by atoms with E-state index in [0.717, 1.165) is 0 Å². The molecule has 0 bridgehead atoms. The largest absolute Gasteiger partial charge is 0.493 e. The molecule has 0 heterocycles. The van der Waals surface area contributed by atoms with Gasteiger partial charge < -0.3 is 19.5 Å². The van der Waals surface area contributed by atoms with E-state index in [1.54, 1.807) is 18.2 Å². The van der Waals surface area contributed by atoms with E-state index in [4.69, 9.17) is 9.47 Å². The zero-order valence-corrected chi connectivity index (χ0v) is 18.2. The molecule has 0 aromatic heterocycles. The number of para-hydroxylation sites is 1. The molecule has 11 heteroatoms. The zero-order chi connectivity index (χ0) is 22.8. The topological polar surface area (TPSA) is 115 Å². The third-order valence-electron chi connectivity index (χ3n) is 3.69. The minimum atomic E-state index is -0.686. The van der Waals surface area contributed by atoms with E-state index >= 15 is 0 Å². The number of nitrogens with zero attached hydrogens (tertiary/aromatic N) is 1. The first kappa shape index (κ1) is 23.8. The summed E-state index contributed by atoms with van der Waals surface area (Å²) < 4.78 is 29.1. The molecule has 0 saturated heterocycles. The Hall–Kier alpha value is -3.47. The molecule has 0 aliphatic carbocycles. The highest BCUT2D eigenvalue weighted by Crippen LogP contribution is 2.36. The van der Waals surface area contributed by atoms with Crippen molar-refractivity contribution in [3.8, 4) is 11.5 Å². The van der Waals surface area contributed by atoms with Crippen LogP contribution in [-0.4, -0.2) is 44.8 Å². The molecular weight excluding hydrogens is 477 g/mol. The van der Waals surface area contributed by atoms with Gasteiger partial charge in [-0.05, 0) is 45.8 Å². The molecule has 0 atom stereocenters. The second-order valence-corrected chi connectivity index (χ2v) is 6.75. The lowest BCUT2D eigenvalue weighted by Gasteiger charge is -2.12. The number of hydrazone groups is 1. The number of hydrogen-bond donors (Lipinski definition) is 2. The van der Waals surface area contributed by atoms with Gasteiger partial charge in [0.25, 0.3) is 0 Å². The smallest absolute Gasteiger partial charge is 0.343 e. The fourth-order valence-electron chi connectivity index (χ4n) is 2.27. The van der Waals surface area contributed by atoms with E-state index in [1.807, 2.05) is 0 Å². The number of ether oxygens (including phenoxy) is 3. The summed E-state index contributed by atoms with van der Waals surface area (Å²) in [6.07, 6.45) is 0.781. The molecule has 0 spiro atoms. The maximum atomic E-state index is 13.5. The number of carbonyl (C=O) groups is 3. The van der Waals surface area contributed by atoms with Crippen molar-refractivity contribution in [2.45, 2.75) is 6.42 Å². The molecule has 2 rings (SSSR count). The predicted molar refractivity (Wildman–Crippen MR) is 114 cm³/mol. The van der Waals surface area contributed by atoms with Crippen LogP contribution in [0.1, 0.15) is 12.0 Å². The van der Waals surface area contributed by atoms with Crippen LogP contribution in [0.4, 0.5) is 10.1 Å². The second kappa shape index (κ2) is 11.6. The molecular formula is C20H19BrFN3O6. The van der Waals surface area contributed by atoms with Gasteiger partial charge in [-0.1, -0.05) is 12.1 Å². The summed E-state index contributed by atoms with van der Waals surface area (Å²) in [7, 11) is 2.67. The Labute approximate surface area is 185 Å². The molecule has 0 saturated carbocycles. The minimum absolute atomic E-state index is 0.0183. The maximum Gasteiger partial charge on any atom is 0.343 e. The number of amides is 2. The number of methoxy groups -OCH3 is 2. The molecule has 0 aliphatic rings. The Morgan fingerprint density at radius 2 is 1.90 bits per heavy atom. The van der Waals surface area contributed by atoms with Gasteiger partial charge in [-0.25, -0.2) is 14.6 Å². The van der Waals surface area contributed by atoms with Crippen LogP contribution in [-0.2, 0) is 19.1 Å². The summed E-state index contributed by atoms with van der Waals surface area (Å²) in [6, 6.07) is 8.80. The third-order valence-corrected chi connectivity index (χ3v) is 4.27. The second-order valence-electron chi connectivity index (χ2n) is 5.90. The summed E-state index contributed by atoms with van der Waals surface area (Å²) in [4.78, 5) is 35.0. The normalized spacial score (nSPS) is 10.5. The van der Waals surface area contributed by atoms with Gasteiger partial charge in [-0.3, -0.25) is 9.59 Å². The van der Waals surface area contributed by atoms with E-state index in [-0.39, 0.29) is 12.3 Å². The van der Waals surface area contributed by atoms with Crippen LogP contribution in [0.25, 0.3) is 0 Å². The number of nitrogens with one attached hydrogen (secondary N) is 2. The molecule has 2 aromatic carbocycles. The molecule has 0 radical (unpaired) electrons. The number of carbonyl (C=O) groups excluding carboxylic acids is 3. The summed E-state index contributed by atoms with van der Waals surface area (Å²) in [5.41, 5.74) is 2.72. The average molecular weight is 496 g/mol. The molecule has 2 N–H and O–H groups in total. The molecule has 0 fully saturated rings. The number of halogens is 2. The molecule has 164 valence electrons. The third kappa shape index (κ3) is 7.37. The van der Waals surface area contributed by atoms with Gasteiger partial charge in [0.15, 0.2) is 18.1 Å². The van der Waals surface area contributed by atoms with Crippen molar-refractivity contribution in [1.82, 2.24) is 5.43 Å². The van der Waals surface area contributed by atoms with Gasteiger partial charge in [0.05, 0.1) is 30.6 Å². The average Bonchev–Trinajstić information content (AvgIpc) is 2.73. The standard InChI is InChI=1S/C20H19BrFN3O6/c1-29-16-8-12(7-13(21)20(16)31-11-19(28)30-2)10-23-25-18(27)9-17(26)24-15-6-4-3-5-14(15)22/h3-8,10H,9,11H2,1-2H3,(H,24,26)(H,25,27). The summed E-state index contributed by atoms with van der Waals surface area (Å²) in [5, 5.41) is 6.09. The summed E-state index contributed by atoms with van der Waals surface area (Å²) >= 11 is 3.31. The minimum Gasteiger partial charge on any atom is -0.493 e. The van der Waals surface area contributed by atoms with Crippen LogP contribution in [0.3, 0.4) is 0 Å². The maximum absolute atomic E-state index is 13.5. The van der Waals surface area contributed by atoms with E-state index in [2.05, 4.69) is 36.5 Å². The predicted octanol–water partition coefficient (Wildman–Crippen LogP) is 2.63. The Morgan fingerprint density at radius 3 is 2.58 bits per heavy atom. The first-order valence-corrected chi connectivity index (χ1v) is 9.56. The van der Waals surface area contributed by atoms with Crippen LogP contribution in [0.15, 0.2) is 46.0 Å². The highest BCUT2D eigenvalue weighted by molar-refractivity contribution is 9.10. The van der Waals surface area contributed by atoms with Crippen molar-refractivity contribution >= 4 is 45.6 Å². The van der Waals surface area contributed by atoms with Gasteiger partial charge in [0, 0.05) is 0 Å². The number of hydrogen-bond acceptors (Lipinski definition) is 7. The first-order valence-electron chi connectivity index (χ1n) is 8.77. The zero-order valence-electron chi connectivity index (χ0n) is 16.6. The van der Waals surface area contributed by atoms with Crippen molar-refractivity contribution in [1.29, 1.82) is 0 Å². The highest BCUT2D eigenvalue weighted by atomic mass is 79.9. The highest BCUT2D eigenvalue weighted by Gasteiger charge is 2.14. The molecule has 2 amide bonds. The van der Waals surface area contributed by atoms with Crippen LogP contribution in [0, 0.1) is 5.82 Å². The molecule has 0 aliphatic heterocycles. The van der Waals surface area contributed by atoms with Gasteiger partial charge in [0.2, 0.25) is 11.8 Å². The van der Waals surface area contributed by atoms with Crippen LogP contribution in [0.5, 0.6) is 11.5 Å². The monoisotopic (exact) mass is 495 g/mol. The Morgan fingerprint density at radius 1 is 1.16 bits per heavy atom. The molecule has 31 heavy (non-hydrogen) atoms. The van der Waals surface area contributed by atoms with E-state index in [1.165, 1.54) is 38.6 Å². The lowest BCUT2D eigenvalue weighted by atomic mass is 10.2.